The van der Waals surface area contributed by atoms with E-state index in [0.29, 0.717) is 0 Å². The largest absolute Gasteiger partial charge is 0.290 e. The monoisotopic (exact) mass is 395 g/mol. The molecule has 0 amide bonds. The van der Waals surface area contributed by atoms with Crippen LogP contribution in [0.5, 0.6) is 0 Å². The molecule has 0 aromatic rings. The summed E-state index contributed by atoms with van der Waals surface area (Å²) in [7, 11) is 0. The maximum Gasteiger partial charge on any atom is 0.122 e. The zero-order chi connectivity index (χ0) is 7.78. The second kappa shape index (κ2) is 3.54. The average Bonchev–Trinajstić information content (AvgIpc) is 2.08. The van der Waals surface area contributed by atoms with Crippen LogP contribution in [0.3, 0.4) is 0 Å². The fraction of sp³-hybridized carbons (Fsp3) is 0.800. The van der Waals surface area contributed by atoms with Crippen molar-refractivity contribution in [1.82, 2.24) is 0 Å². The van der Waals surface area contributed by atoms with Crippen LogP contribution in [0.15, 0.2) is 4.99 Å². The maximum absolute atomic E-state index is 4.32. The SMILES string of the molecule is BrC(Br)C1=NCCC1(Br)Br. The van der Waals surface area contributed by atoms with Gasteiger partial charge in [0.15, 0.2) is 0 Å². The van der Waals surface area contributed by atoms with Crippen molar-refractivity contribution in [1.29, 1.82) is 0 Å². The van der Waals surface area contributed by atoms with Crippen LogP contribution >= 0.6 is 63.7 Å². The van der Waals surface area contributed by atoms with Crippen molar-refractivity contribution in [3.8, 4) is 0 Å². The normalized spacial score (nSPS) is 23.5. The predicted octanol–water partition coefficient (Wildman–Crippen LogP) is 3.43. The molecule has 0 aliphatic carbocycles. The van der Waals surface area contributed by atoms with E-state index >= 15 is 0 Å². The third-order valence-electron chi connectivity index (χ3n) is 1.29. The lowest BCUT2D eigenvalue weighted by Gasteiger charge is -2.16. The lowest BCUT2D eigenvalue weighted by molar-refractivity contribution is 0.946. The Bertz CT molecular complexity index is 163. The van der Waals surface area contributed by atoms with Crippen LogP contribution in [0.2, 0.25) is 0 Å². The van der Waals surface area contributed by atoms with Gasteiger partial charge in [-0.15, -0.1) is 0 Å². The van der Waals surface area contributed by atoms with Crippen molar-refractivity contribution < 1.29 is 0 Å². The predicted molar refractivity (Wildman–Crippen MR) is 59.1 cm³/mol. The highest BCUT2D eigenvalue weighted by molar-refractivity contribution is 9.27. The van der Waals surface area contributed by atoms with E-state index in [9.17, 15) is 0 Å². The summed E-state index contributed by atoms with van der Waals surface area (Å²) in [4.78, 5) is 4.32. The van der Waals surface area contributed by atoms with Gasteiger partial charge in [-0.1, -0.05) is 63.7 Å². The van der Waals surface area contributed by atoms with Gasteiger partial charge in [0.2, 0.25) is 0 Å². The molecule has 0 saturated heterocycles. The van der Waals surface area contributed by atoms with E-state index in [4.69, 9.17) is 0 Å². The first-order valence-corrected chi connectivity index (χ1v) is 6.16. The molecule has 1 aliphatic heterocycles. The van der Waals surface area contributed by atoms with Crippen LogP contribution in [0, 0.1) is 0 Å². The molecule has 58 valence electrons. The van der Waals surface area contributed by atoms with Gasteiger partial charge in [-0.3, -0.25) is 4.99 Å². The fourth-order valence-corrected chi connectivity index (χ4v) is 4.15. The van der Waals surface area contributed by atoms with E-state index < -0.39 is 0 Å². The summed E-state index contributed by atoms with van der Waals surface area (Å²) in [5, 5.41) is 0. The summed E-state index contributed by atoms with van der Waals surface area (Å²) in [5.74, 6) is 0. The molecular weight excluding hydrogens is 394 g/mol. The van der Waals surface area contributed by atoms with Gasteiger partial charge in [0.05, 0.1) is 5.71 Å². The van der Waals surface area contributed by atoms with Gasteiger partial charge >= 0.3 is 0 Å². The Morgan fingerprint density at radius 3 is 2.20 bits per heavy atom. The highest BCUT2D eigenvalue weighted by atomic mass is 79.9. The van der Waals surface area contributed by atoms with Gasteiger partial charge in [-0.25, -0.2) is 0 Å². The van der Waals surface area contributed by atoms with Crippen LogP contribution in [-0.2, 0) is 0 Å². The van der Waals surface area contributed by atoms with Crippen LogP contribution < -0.4 is 0 Å². The molecule has 0 N–H and O–H groups in total. The van der Waals surface area contributed by atoms with E-state index in [0.717, 1.165) is 18.7 Å². The Balaban J connectivity index is 2.75. The second-order valence-electron chi connectivity index (χ2n) is 2.02. The molecule has 0 atom stereocenters. The molecule has 1 rings (SSSR count). The average molecular weight is 399 g/mol. The standard InChI is InChI=1S/C5H5Br4N/c6-4(7)3-5(8,9)1-2-10-3/h4H,1-2H2. The van der Waals surface area contributed by atoms with E-state index in [1.54, 1.807) is 0 Å². The van der Waals surface area contributed by atoms with Gasteiger partial charge in [0.1, 0.15) is 6.97 Å². The maximum atomic E-state index is 4.32. The molecule has 0 spiro atoms. The van der Waals surface area contributed by atoms with Crippen molar-refractivity contribution in [2.45, 2.75) is 13.4 Å². The molecule has 0 saturated carbocycles. The number of aliphatic imine (C=N–C) groups is 1. The number of alkyl halides is 4. The minimum atomic E-state index is -0.0856. The molecule has 1 aliphatic rings. The quantitative estimate of drug-likeness (QED) is 0.600. The first-order valence-electron chi connectivity index (χ1n) is 2.75. The molecule has 0 unspecified atom stereocenters. The topological polar surface area (TPSA) is 12.4 Å². The third kappa shape index (κ3) is 2.05. The zero-order valence-corrected chi connectivity index (χ0v) is 11.3. The van der Waals surface area contributed by atoms with E-state index in [1.807, 2.05) is 0 Å². The molecule has 0 radical (unpaired) electrons. The highest BCUT2D eigenvalue weighted by Gasteiger charge is 2.36. The van der Waals surface area contributed by atoms with Crippen molar-refractivity contribution in [2.24, 2.45) is 4.99 Å². The molecule has 1 heterocycles. The number of halogens is 4. The minimum absolute atomic E-state index is 0.0856. The Morgan fingerprint density at radius 2 is 2.00 bits per heavy atom. The Kier molecular flexibility index (Phi) is 3.42. The summed E-state index contributed by atoms with van der Waals surface area (Å²) in [5.41, 5.74) is 1.08. The van der Waals surface area contributed by atoms with Crippen LogP contribution in [0.1, 0.15) is 6.42 Å². The van der Waals surface area contributed by atoms with Crippen molar-refractivity contribution in [3.63, 3.8) is 0 Å². The lowest BCUT2D eigenvalue weighted by Crippen LogP contribution is -2.24. The second-order valence-corrected chi connectivity index (χ2v) is 8.85. The summed E-state index contributed by atoms with van der Waals surface area (Å²) in [6.45, 7) is 0.888. The van der Waals surface area contributed by atoms with Gasteiger partial charge in [0, 0.05) is 6.54 Å². The lowest BCUT2D eigenvalue weighted by atomic mass is 10.3. The molecule has 0 fully saturated rings. The van der Waals surface area contributed by atoms with Gasteiger partial charge < -0.3 is 0 Å². The summed E-state index contributed by atoms with van der Waals surface area (Å²) >= 11 is 13.9. The number of rotatable bonds is 1. The van der Waals surface area contributed by atoms with Crippen molar-refractivity contribution in [2.75, 3.05) is 6.54 Å². The molecule has 1 nitrogen and oxygen atoms in total. The van der Waals surface area contributed by atoms with Gasteiger partial charge in [-0.2, -0.15) is 0 Å². The summed E-state index contributed by atoms with van der Waals surface area (Å²) < 4.78 is 0.0822. The molecule has 0 bridgehead atoms. The fourth-order valence-electron chi connectivity index (χ4n) is 0.789. The van der Waals surface area contributed by atoms with Gasteiger partial charge in [0.25, 0.3) is 0 Å². The molecule has 5 heteroatoms. The van der Waals surface area contributed by atoms with Gasteiger partial charge in [-0.05, 0) is 6.42 Å². The third-order valence-corrected chi connectivity index (χ3v) is 3.76. The van der Waals surface area contributed by atoms with E-state index in [-0.39, 0.29) is 6.97 Å². The Morgan fingerprint density at radius 1 is 1.40 bits per heavy atom. The smallest absolute Gasteiger partial charge is 0.122 e. The number of hydrogen-bond donors (Lipinski definition) is 0. The molecule has 0 aromatic carbocycles. The van der Waals surface area contributed by atoms with Crippen molar-refractivity contribution >= 4 is 69.4 Å². The first kappa shape index (κ1) is 9.68. The van der Waals surface area contributed by atoms with Crippen molar-refractivity contribution in [3.05, 3.63) is 0 Å². The Hall–Kier alpha value is 1.59. The summed E-state index contributed by atoms with van der Waals surface area (Å²) in [6, 6.07) is 0. The van der Waals surface area contributed by atoms with E-state index in [1.165, 1.54) is 0 Å². The molecule has 0 aromatic heterocycles. The minimum Gasteiger partial charge on any atom is -0.290 e. The Labute approximate surface area is 93.6 Å². The summed E-state index contributed by atoms with van der Waals surface area (Å²) in [6.07, 6.45) is 1.01. The van der Waals surface area contributed by atoms with Crippen LogP contribution in [0.25, 0.3) is 0 Å². The number of hydrogen-bond acceptors (Lipinski definition) is 1. The molecular formula is C5H5Br4N. The highest BCUT2D eigenvalue weighted by Crippen LogP contribution is 2.39. The van der Waals surface area contributed by atoms with E-state index in [2.05, 4.69) is 68.7 Å². The van der Waals surface area contributed by atoms with Crippen LogP contribution in [-0.4, -0.2) is 19.2 Å². The first-order chi connectivity index (χ1) is 4.54. The molecule has 10 heavy (non-hydrogen) atoms. The zero-order valence-electron chi connectivity index (χ0n) is 4.95. The number of nitrogens with zero attached hydrogens (tertiary/aromatic N) is 1. The van der Waals surface area contributed by atoms with Crippen LogP contribution in [0.4, 0.5) is 0 Å².